The van der Waals surface area contributed by atoms with Gasteiger partial charge in [0.25, 0.3) is 0 Å². The first-order valence-corrected chi connectivity index (χ1v) is 7.25. The summed E-state index contributed by atoms with van der Waals surface area (Å²) in [4.78, 5) is 15.8. The molecule has 0 fully saturated rings. The summed E-state index contributed by atoms with van der Waals surface area (Å²) in [7, 11) is 0. The zero-order valence-corrected chi connectivity index (χ0v) is 11.5. The third-order valence-electron chi connectivity index (χ3n) is 2.09. The van der Waals surface area contributed by atoms with E-state index in [1.54, 1.807) is 6.08 Å². The van der Waals surface area contributed by atoms with Crippen LogP contribution in [-0.2, 0) is 0 Å². The summed E-state index contributed by atoms with van der Waals surface area (Å²) in [6.45, 7) is 5.68. The summed E-state index contributed by atoms with van der Waals surface area (Å²) in [6, 6.07) is -0.136. The SMILES string of the molecule is C=CC[C@@H](CC)NC(=O)Nc1nc(SC)ns1. The van der Waals surface area contributed by atoms with Crippen LogP contribution in [-0.4, -0.2) is 27.7 Å². The van der Waals surface area contributed by atoms with Crippen LogP contribution in [0.3, 0.4) is 0 Å². The lowest BCUT2D eigenvalue weighted by molar-refractivity contribution is 0.248. The molecule has 0 saturated carbocycles. The lowest BCUT2D eigenvalue weighted by Crippen LogP contribution is -2.37. The molecule has 2 N–H and O–H groups in total. The third kappa shape index (κ3) is 4.74. The minimum atomic E-state index is -0.248. The van der Waals surface area contributed by atoms with E-state index in [0.717, 1.165) is 12.8 Å². The molecule has 0 unspecified atom stereocenters. The summed E-state index contributed by atoms with van der Waals surface area (Å²) in [5.74, 6) is 0. The number of thioether (sulfide) groups is 1. The van der Waals surface area contributed by atoms with E-state index in [4.69, 9.17) is 0 Å². The normalized spacial score (nSPS) is 11.9. The van der Waals surface area contributed by atoms with Gasteiger partial charge in [0, 0.05) is 17.6 Å². The van der Waals surface area contributed by atoms with E-state index >= 15 is 0 Å². The first kappa shape index (κ1) is 14.0. The lowest BCUT2D eigenvalue weighted by Gasteiger charge is -2.14. The van der Waals surface area contributed by atoms with Crippen LogP contribution in [0.2, 0.25) is 0 Å². The number of aromatic nitrogens is 2. The van der Waals surface area contributed by atoms with Crippen LogP contribution < -0.4 is 10.6 Å². The molecule has 0 radical (unpaired) electrons. The fourth-order valence-electron chi connectivity index (χ4n) is 1.19. The molecule has 0 saturated heterocycles. The molecule has 1 rings (SSSR count). The molecule has 0 spiro atoms. The van der Waals surface area contributed by atoms with Gasteiger partial charge < -0.3 is 5.32 Å². The Kier molecular flexibility index (Phi) is 5.99. The maximum Gasteiger partial charge on any atom is 0.321 e. The number of hydrogen-bond acceptors (Lipinski definition) is 5. The van der Waals surface area contributed by atoms with Crippen LogP contribution in [0.15, 0.2) is 17.8 Å². The molecule has 0 bridgehead atoms. The zero-order chi connectivity index (χ0) is 12.7. The minimum Gasteiger partial charge on any atom is -0.335 e. The van der Waals surface area contributed by atoms with Crippen LogP contribution in [0.5, 0.6) is 0 Å². The van der Waals surface area contributed by atoms with Gasteiger partial charge in [-0.2, -0.15) is 9.36 Å². The summed E-state index contributed by atoms with van der Waals surface area (Å²) in [5.41, 5.74) is 0. The van der Waals surface area contributed by atoms with E-state index in [-0.39, 0.29) is 12.1 Å². The van der Waals surface area contributed by atoms with Gasteiger partial charge in [0.2, 0.25) is 10.3 Å². The van der Waals surface area contributed by atoms with Gasteiger partial charge >= 0.3 is 6.03 Å². The van der Waals surface area contributed by atoms with Crippen LogP contribution in [0, 0.1) is 0 Å². The molecule has 0 aliphatic heterocycles. The second-order valence-corrected chi connectivity index (χ2v) is 4.84. The van der Waals surface area contributed by atoms with Crippen molar-refractivity contribution in [2.45, 2.75) is 31.0 Å². The fraction of sp³-hybridized carbons (Fsp3) is 0.500. The minimum absolute atomic E-state index is 0.112. The molecule has 2 amide bonds. The maximum atomic E-state index is 11.6. The van der Waals surface area contributed by atoms with Crippen LogP contribution >= 0.6 is 23.3 Å². The second-order valence-electron chi connectivity index (χ2n) is 3.31. The number of anilines is 1. The Morgan fingerprint density at radius 2 is 2.47 bits per heavy atom. The molecule has 1 heterocycles. The van der Waals surface area contributed by atoms with Crippen molar-refractivity contribution in [2.24, 2.45) is 0 Å². The van der Waals surface area contributed by atoms with Gasteiger partial charge in [-0.25, -0.2) is 4.79 Å². The van der Waals surface area contributed by atoms with Gasteiger partial charge in [-0.05, 0) is 19.1 Å². The average molecular weight is 272 g/mol. The van der Waals surface area contributed by atoms with Crippen molar-refractivity contribution in [3.05, 3.63) is 12.7 Å². The largest absolute Gasteiger partial charge is 0.335 e. The van der Waals surface area contributed by atoms with Gasteiger partial charge in [-0.1, -0.05) is 24.8 Å². The summed E-state index contributed by atoms with van der Waals surface area (Å²) >= 11 is 2.62. The first-order chi connectivity index (χ1) is 8.19. The van der Waals surface area contributed by atoms with Gasteiger partial charge in [0.05, 0.1) is 0 Å². The predicted octanol–water partition coefficient (Wildman–Crippen LogP) is 2.74. The molecular weight excluding hydrogens is 256 g/mol. The summed E-state index contributed by atoms with van der Waals surface area (Å²) < 4.78 is 4.06. The van der Waals surface area contributed by atoms with Crippen LogP contribution in [0.25, 0.3) is 0 Å². The van der Waals surface area contributed by atoms with E-state index in [1.807, 2.05) is 13.2 Å². The standard InChI is InChI=1S/C10H16N4OS2/c1-4-6-7(5-2)11-8(15)12-9-13-10(16-3)14-17-9/h4,7H,1,5-6H2,2-3H3,(H2,11,12,13,14,15)/t7-/m1/s1. The highest BCUT2D eigenvalue weighted by molar-refractivity contribution is 7.98. The van der Waals surface area contributed by atoms with Crippen molar-refractivity contribution in [1.29, 1.82) is 0 Å². The van der Waals surface area contributed by atoms with E-state index in [0.29, 0.717) is 10.3 Å². The van der Waals surface area contributed by atoms with E-state index in [1.165, 1.54) is 23.3 Å². The Hall–Kier alpha value is -1.08. The molecule has 7 heteroatoms. The van der Waals surface area contributed by atoms with Gasteiger partial charge in [-0.3, -0.25) is 5.32 Å². The molecule has 0 aliphatic carbocycles. The molecule has 1 atom stereocenters. The van der Waals surface area contributed by atoms with Gasteiger partial charge in [0.15, 0.2) is 0 Å². The van der Waals surface area contributed by atoms with Crippen molar-refractivity contribution in [1.82, 2.24) is 14.7 Å². The van der Waals surface area contributed by atoms with Gasteiger partial charge in [0.1, 0.15) is 0 Å². The average Bonchev–Trinajstić information content (AvgIpc) is 2.76. The van der Waals surface area contributed by atoms with Crippen molar-refractivity contribution in [3.63, 3.8) is 0 Å². The molecule has 0 aliphatic rings. The number of carbonyl (C=O) groups is 1. The topological polar surface area (TPSA) is 66.9 Å². The van der Waals surface area contributed by atoms with Crippen molar-refractivity contribution in [2.75, 3.05) is 11.6 Å². The molecule has 1 aromatic rings. The number of rotatable bonds is 6. The van der Waals surface area contributed by atoms with Crippen LogP contribution in [0.4, 0.5) is 9.93 Å². The highest BCUT2D eigenvalue weighted by Crippen LogP contribution is 2.17. The van der Waals surface area contributed by atoms with Crippen molar-refractivity contribution in [3.8, 4) is 0 Å². The van der Waals surface area contributed by atoms with Crippen LogP contribution in [0.1, 0.15) is 19.8 Å². The summed E-state index contributed by atoms with van der Waals surface area (Å²) in [6.07, 6.45) is 5.32. The van der Waals surface area contributed by atoms with Gasteiger partial charge in [-0.15, -0.1) is 6.58 Å². The molecule has 1 aromatic heterocycles. The van der Waals surface area contributed by atoms with E-state index in [2.05, 4.69) is 26.6 Å². The Morgan fingerprint density at radius 1 is 1.71 bits per heavy atom. The monoisotopic (exact) mass is 272 g/mol. The Balaban J connectivity index is 2.45. The number of nitrogens with one attached hydrogen (secondary N) is 2. The van der Waals surface area contributed by atoms with Crippen molar-refractivity contribution < 1.29 is 4.79 Å². The smallest absolute Gasteiger partial charge is 0.321 e. The third-order valence-corrected chi connectivity index (χ3v) is 3.38. The second kappa shape index (κ2) is 7.29. The molecule has 17 heavy (non-hydrogen) atoms. The quantitative estimate of drug-likeness (QED) is 0.617. The molecular formula is C10H16N4OS2. The number of hydrogen-bond donors (Lipinski definition) is 2. The van der Waals surface area contributed by atoms with E-state index in [9.17, 15) is 4.79 Å². The fourth-order valence-corrected chi connectivity index (χ4v) is 2.31. The zero-order valence-electron chi connectivity index (χ0n) is 9.90. The first-order valence-electron chi connectivity index (χ1n) is 5.25. The lowest BCUT2D eigenvalue weighted by atomic mass is 10.1. The highest BCUT2D eigenvalue weighted by atomic mass is 32.2. The highest BCUT2D eigenvalue weighted by Gasteiger charge is 2.11. The predicted molar refractivity (Wildman–Crippen MR) is 72.7 cm³/mol. The molecule has 0 aromatic carbocycles. The number of urea groups is 1. The summed E-state index contributed by atoms with van der Waals surface area (Å²) in [5, 5.41) is 6.71. The Bertz CT molecular complexity index is 380. The molecule has 5 nitrogen and oxygen atoms in total. The maximum absolute atomic E-state index is 11.6. The Labute approximate surface area is 109 Å². The Morgan fingerprint density at radius 3 is 3.00 bits per heavy atom. The molecule has 94 valence electrons. The number of nitrogens with zero attached hydrogens (tertiary/aromatic N) is 2. The number of carbonyl (C=O) groups excluding carboxylic acids is 1. The number of amides is 2. The van der Waals surface area contributed by atoms with E-state index < -0.39 is 0 Å². The van der Waals surface area contributed by atoms with Crippen molar-refractivity contribution >= 4 is 34.5 Å².